The van der Waals surface area contributed by atoms with Crippen molar-refractivity contribution in [3.63, 3.8) is 0 Å². The van der Waals surface area contributed by atoms with Crippen LogP contribution in [0.5, 0.6) is 0 Å². The maximum atomic E-state index is 11.9. The summed E-state index contributed by atoms with van der Waals surface area (Å²) in [6.07, 6.45) is 9.07. The second kappa shape index (κ2) is 20.2. The molecule has 0 bridgehead atoms. The van der Waals surface area contributed by atoms with E-state index in [0.29, 0.717) is 6.42 Å². The summed E-state index contributed by atoms with van der Waals surface area (Å²) in [6, 6.07) is 0. The molecule has 33 heavy (non-hydrogen) atoms. The predicted octanol–water partition coefficient (Wildman–Crippen LogP) is 4.46. The van der Waals surface area contributed by atoms with Crippen molar-refractivity contribution in [2.75, 3.05) is 25.2 Å². The maximum Gasteiger partial charge on any atom is 0.305 e. The van der Waals surface area contributed by atoms with E-state index in [2.05, 4.69) is 6.92 Å². The summed E-state index contributed by atoms with van der Waals surface area (Å²) in [4.78, 5) is 11.9. The van der Waals surface area contributed by atoms with Crippen molar-refractivity contribution in [3.05, 3.63) is 0 Å². The zero-order chi connectivity index (χ0) is 24.3. The third-order valence-corrected chi connectivity index (χ3v) is 8.43. The molecule has 196 valence electrons. The lowest BCUT2D eigenvalue weighted by Gasteiger charge is -2.39. The summed E-state index contributed by atoms with van der Waals surface area (Å²) >= 11 is 0. The monoisotopic (exact) mass is 510 g/mol. The number of carbonyl (C=O) groups excluding carboxylic acids is 1. The molecule has 0 amide bonds. The molecule has 1 saturated heterocycles. The molecule has 0 unspecified atom stereocenters. The smallest absolute Gasteiger partial charge is 0.305 e. The lowest BCUT2D eigenvalue weighted by molar-refractivity contribution is -0.295. The first-order valence-corrected chi connectivity index (χ1v) is 15.1. The van der Waals surface area contributed by atoms with Gasteiger partial charge in [0.25, 0.3) is 0 Å². The fourth-order valence-corrected chi connectivity index (χ4v) is 5.65. The molecule has 0 saturated carbocycles. The Kier molecular flexibility index (Phi) is 19.0. The maximum absolute atomic E-state index is 11.9. The van der Waals surface area contributed by atoms with Crippen LogP contribution in [0.2, 0.25) is 0 Å². The van der Waals surface area contributed by atoms with E-state index in [1.165, 1.54) is 76.4 Å². The quantitative estimate of drug-likeness (QED) is 0.124. The largest absolute Gasteiger partial charge is 0.463 e. The molecule has 0 aliphatic carbocycles. The summed E-state index contributed by atoms with van der Waals surface area (Å²) in [7, 11) is 5.30. The molecule has 5 atom stereocenters. The minimum atomic E-state index is -1.41. The number of hydrogen-bond acceptors (Lipinski definition) is 9. The number of aliphatic hydroxyl groups is 3. The summed E-state index contributed by atoms with van der Waals surface area (Å²) in [5.74, 6) is 2.15. The fourth-order valence-electron chi connectivity index (χ4n) is 3.84. The number of ether oxygens (including phenoxy) is 3. The fraction of sp³-hybridized carbons (Fsp3) is 0.958. The van der Waals surface area contributed by atoms with Crippen molar-refractivity contribution < 1.29 is 34.3 Å². The van der Waals surface area contributed by atoms with Crippen LogP contribution in [-0.4, -0.2) is 77.2 Å². The van der Waals surface area contributed by atoms with Gasteiger partial charge in [0.1, 0.15) is 31.0 Å². The molecule has 1 fully saturated rings. The van der Waals surface area contributed by atoms with Crippen LogP contribution in [0.25, 0.3) is 0 Å². The molecule has 7 nitrogen and oxygen atoms in total. The Morgan fingerprint density at radius 3 is 1.88 bits per heavy atom. The lowest BCUT2D eigenvalue weighted by atomic mass is 9.99. The molecule has 1 rings (SSSR count). The van der Waals surface area contributed by atoms with Gasteiger partial charge < -0.3 is 29.5 Å². The minimum Gasteiger partial charge on any atom is -0.463 e. The SMILES string of the molecule is CCSSCCCCCCCCCCCCCCC(=O)OC[C@H]1O[C@@H](OC)[C@H](O)[C@@H](O)[C@H]1O. The highest BCUT2D eigenvalue weighted by Crippen LogP contribution is 2.23. The van der Waals surface area contributed by atoms with Gasteiger partial charge in [-0.2, -0.15) is 0 Å². The van der Waals surface area contributed by atoms with Gasteiger partial charge in [0.05, 0.1) is 0 Å². The van der Waals surface area contributed by atoms with Crippen molar-refractivity contribution in [2.24, 2.45) is 0 Å². The summed E-state index contributed by atoms with van der Waals surface area (Å²) in [5.41, 5.74) is 0. The van der Waals surface area contributed by atoms with Crippen LogP contribution in [0, 0.1) is 0 Å². The number of rotatable bonds is 20. The van der Waals surface area contributed by atoms with Gasteiger partial charge in [-0.1, -0.05) is 92.7 Å². The van der Waals surface area contributed by atoms with Gasteiger partial charge in [-0.15, -0.1) is 0 Å². The van der Waals surface area contributed by atoms with Crippen LogP contribution in [-0.2, 0) is 19.0 Å². The van der Waals surface area contributed by atoms with E-state index >= 15 is 0 Å². The van der Waals surface area contributed by atoms with Gasteiger partial charge in [-0.3, -0.25) is 4.79 Å². The molecule has 3 N–H and O–H groups in total. The van der Waals surface area contributed by atoms with Crippen molar-refractivity contribution >= 4 is 27.6 Å². The zero-order valence-corrected chi connectivity index (χ0v) is 22.1. The molecule has 0 aromatic carbocycles. The third-order valence-electron chi connectivity index (χ3n) is 5.87. The van der Waals surface area contributed by atoms with E-state index in [1.54, 1.807) is 0 Å². The summed E-state index contributed by atoms with van der Waals surface area (Å²) in [5, 5.41) is 29.6. The molecule has 1 heterocycles. The molecular formula is C24H46O7S2. The molecule has 0 aromatic rings. The highest BCUT2D eigenvalue weighted by Gasteiger charge is 2.44. The Labute approximate surface area is 208 Å². The highest BCUT2D eigenvalue weighted by molar-refractivity contribution is 8.76. The molecule has 1 aliphatic rings. The number of hydrogen-bond donors (Lipinski definition) is 3. The lowest BCUT2D eigenvalue weighted by Crippen LogP contribution is -2.59. The average Bonchev–Trinajstić information content (AvgIpc) is 2.82. The van der Waals surface area contributed by atoms with Crippen molar-refractivity contribution in [1.82, 2.24) is 0 Å². The number of aliphatic hydroxyl groups excluding tert-OH is 3. The van der Waals surface area contributed by atoms with Gasteiger partial charge in [-0.05, 0) is 12.8 Å². The average molecular weight is 511 g/mol. The van der Waals surface area contributed by atoms with Gasteiger partial charge in [-0.25, -0.2) is 0 Å². The topological polar surface area (TPSA) is 105 Å². The van der Waals surface area contributed by atoms with E-state index < -0.39 is 30.7 Å². The first-order chi connectivity index (χ1) is 16.0. The molecule has 1 aliphatic heterocycles. The number of methoxy groups -OCH3 is 1. The molecule has 9 heteroatoms. The first kappa shape index (κ1) is 31.0. The molecule has 0 aromatic heterocycles. The second-order valence-electron chi connectivity index (χ2n) is 8.65. The minimum absolute atomic E-state index is 0.180. The van der Waals surface area contributed by atoms with Crippen molar-refractivity contribution in [1.29, 1.82) is 0 Å². The Bertz CT molecular complexity index is 482. The Morgan fingerprint density at radius 1 is 0.788 bits per heavy atom. The van der Waals surface area contributed by atoms with Crippen LogP contribution < -0.4 is 0 Å². The summed E-state index contributed by atoms with van der Waals surface area (Å²) < 4.78 is 15.5. The highest BCUT2D eigenvalue weighted by atomic mass is 33.1. The van der Waals surface area contributed by atoms with Crippen LogP contribution in [0.4, 0.5) is 0 Å². The van der Waals surface area contributed by atoms with Crippen LogP contribution >= 0.6 is 21.6 Å². The van der Waals surface area contributed by atoms with E-state index in [1.807, 2.05) is 21.6 Å². The summed E-state index contributed by atoms with van der Waals surface area (Å²) in [6.45, 7) is 2.02. The van der Waals surface area contributed by atoms with Crippen molar-refractivity contribution in [3.8, 4) is 0 Å². The van der Waals surface area contributed by atoms with E-state index in [0.717, 1.165) is 19.3 Å². The second-order valence-corrected chi connectivity index (χ2v) is 11.5. The molecule has 0 radical (unpaired) electrons. The van der Waals surface area contributed by atoms with E-state index in [4.69, 9.17) is 14.2 Å². The standard InChI is InChI=1S/C24H46O7S2/c1-3-32-33-17-15-13-11-9-7-5-4-6-8-10-12-14-16-20(25)30-18-19-21(26)22(27)23(28)24(29-2)31-19/h19,21-24,26-28H,3-18H2,1-2H3/t19-,21+,22+,23-,24-/m1/s1. The van der Waals surface area contributed by atoms with Crippen LogP contribution in [0.1, 0.15) is 90.4 Å². The van der Waals surface area contributed by atoms with Crippen LogP contribution in [0.3, 0.4) is 0 Å². The Morgan fingerprint density at radius 2 is 1.33 bits per heavy atom. The number of esters is 1. The normalized spacial score (nSPS) is 25.3. The zero-order valence-electron chi connectivity index (χ0n) is 20.5. The Balaban J connectivity index is 1.90. The number of carbonyl (C=O) groups is 1. The predicted molar refractivity (Wildman–Crippen MR) is 135 cm³/mol. The van der Waals surface area contributed by atoms with E-state index in [9.17, 15) is 20.1 Å². The van der Waals surface area contributed by atoms with Gasteiger partial charge in [0.2, 0.25) is 0 Å². The molecule has 0 spiro atoms. The first-order valence-electron chi connectivity index (χ1n) is 12.6. The van der Waals surface area contributed by atoms with Crippen LogP contribution in [0.15, 0.2) is 0 Å². The van der Waals surface area contributed by atoms with E-state index in [-0.39, 0.29) is 12.6 Å². The van der Waals surface area contributed by atoms with Crippen molar-refractivity contribution in [2.45, 2.75) is 121 Å². The molecular weight excluding hydrogens is 464 g/mol. The van der Waals surface area contributed by atoms with Gasteiger partial charge in [0, 0.05) is 25.0 Å². The number of unbranched alkanes of at least 4 members (excludes halogenated alkanes) is 11. The van der Waals surface area contributed by atoms with Gasteiger partial charge in [0.15, 0.2) is 6.29 Å². The Hall–Kier alpha value is -0.0300. The van der Waals surface area contributed by atoms with Gasteiger partial charge >= 0.3 is 5.97 Å². The third kappa shape index (κ3) is 14.2.